The molecule has 5 heteroatoms. The first-order chi connectivity index (χ1) is 11.6. The summed E-state index contributed by atoms with van der Waals surface area (Å²) in [5.74, 6) is -0.145. The molecule has 0 spiro atoms. The van der Waals surface area contributed by atoms with E-state index in [0.29, 0.717) is 0 Å². The maximum Gasteiger partial charge on any atom is 0.244 e. The first kappa shape index (κ1) is 16.9. The van der Waals surface area contributed by atoms with E-state index in [1.807, 2.05) is 60.7 Å². The third kappa shape index (κ3) is 4.10. The SMILES string of the molecule is O=C(Cc1ccc(Br)c2ccccc12)NN=Cc1cccc(Br)c1. The van der Waals surface area contributed by atoms with Crippen molar-refractivity contribution in [3.63, 3.8) is 0 Å². The van der Waals surface area contributed by atoms with E-state index in [9.17, 15) is 4.79 Å². The van der Waals surface area contributed by atoms with Crippen LogP contribution in [0.25, 0.3) is 10.8 Å². The molecular formula is C19H14Br2N2O. The molecule has 0 saturated carbocycles. The van der Waals surface area contributed by atoms with Crippen molar-refractivity contribution >= 4 is 54.8 Å². The number of halogens is 2. The third-order valence-corrected chi connectivity index (χ3v) is 4.75. The molecule has 0 heterocycles. The summed E-state index contributed by atoms with van der Waals surface area (Å²) in [6.07, 6.45) is 1.91. The van der Waals surface area contributed by atoms with Gasteiger partial charge in [0.2, 0.25) is 5.91 Å². The number of hydrazone groups is 1. The monoisotopic (exact) mass is 444 g/mol. The van der Waals surface area contributed by atoms with E-state index in [1.54, 1.807) is 6.21 Å². The van der Waals surface area contributed by atoms with Gasteiger partial charge in [-0.05, 0) is 40.1 Å². The topological polar surface area (TPSA) is 41.5 Å². The lowest BCUT2D eigenvalue weighted by molar-refractivity contribution is -0.120. The zero-order valence-corrected chi connectivity index (χ0v) is 15.8. The molecule has 1 N–H and O–H groups in total. The Morgan fingerprint density at radius 3 is 2.58 bits per heavy atom. The average Bonchev–Trinajstić information content (AvgIpc) is 2.58. The fourth-order valence-electron chi connectivity index (χ4n) is 2.46. The van der Waals surface area contributed by atoms with Gasteiger partial charge in [-0.1, -0.05) is 74.3 Å². The van der Waals surface area contributed by atoms with Gasteiger partial charge < -0.3 is 0 Å². The summed E-state index contributed by atoms with van der Waals surface area (Å²) in [4.78, 5) is 12.2. The van der Waals surface area contributed by atoms with Crippen LogP contribution in [0.5, 0.6) is 0 Å². The van der Waals surface area contributed by atoms with Gasteiger partial charge in [0.15, 0.2) is 0 Å². The molecule has 0 bridgehead atoms. The van der Waals surface area contributed by atoms with Crippen molar-refractivity contribution in [3.05, 3.63) is 80.7 Å². The second-order valence-electron chi connectivity index (χ2n) is 5.28. The van der Waals surface area contributed by atoms with Crippen molar-refractivity contribution in [3.8, 4) is 0 Å². The van der Waals surface area contributed by atoms with Gasteiger partial charge in [-0.3, -0.25) is 4.79 Å². The van der Waals surface area contributed by atoms with Gasteiger partial charge >= 0.3 is 0 Å². The van der Waals surface area contributed by atoms with E-state index >= 15 is 0 Å². The Hall–Kier alpha value is -1.98. The Morgan fingerprint density at radius 1 is 1.00 bits per heavy atom. The largest absolute Gasteiger partial charge is 0.273 e. The highest BCUT2D eigenvalue weighted by Crippen LogP contribution is 2.27. The maximum atomic E-state index is 12.2. The van der Waals surface area contributed by atoms with E-state index in [0.717, 1.165) is 30.8 Å². The van der Waals surface area contributed by atoms with Crippen LogP contribution in [0.3, 0.4) is 0 Å². The molecule has 3 aromatic rings. The van der Waals surface area contributed by atoms with Gasteiger partial charge in [0.1, 0.15) is 0 Å². The summed E-state index contributed by atoms with van der Waals surface area (Å²) < 4.78 is 1.99. The van der Waals surface area contributed by atoms with Gasteiger partial charge in [-0.2, -0.15) is 5.10 Å². The molecule has 0 fully saturated rings. The van der Waals surface area contributed by atoms with Crippen LogP contribution < -0.4 is 5.43 Å². The summed E-state index contributed by atoms with van der Waals surface area (Å²) in [7, 11) is 0. The molecule has 0 atom stereocenters. The molecule has 0 aliphatic heterocycles. The summed E-state index contributed by atoms with van der Waals surface area (Å²) in [6, 6.07) is 19.6. The summed E-state index contributed by atoms with van der Waals surface area (Å²) in [5, 5.41) is 6.19. The van der Waals surface area contributed by atoms with Gasteiger partial charge in [-0.25, -0.2) is 5.43 Å². The maximum absolute atomic E-state index is 12.2. The lowest BCUT2D eigenvalue weighted by Crippen LogP contribution is -2.19. The molecule has 0 aromatic heterocycles. The Kier molecular flexibility index (Phi) is 5.43. The molecule has 1 amide bonds. The molecule has 0 aliphatic carbocycles. The number of rotatable bonds is 4. The van der Waals surface area contributed by atoms with E-state index in [-0.39, 0.29) is 12.3 Å². The van der Waals surface area contributed by atoms with Crippen molar-refractivity contribution in [1.82, 2.24) is 5.43 Å². The van der Waals surface area contributed by atoms with Crippen LogP contribution in [0.1, 0.15) is 11.1 Å². The Bertz CT molecular complexity index is 922. The number of carbonyl (C=O) groups excluding carboxylic acids is 1. The van der Waals surface area contributed by atoms with Gasteiger partial charge in [0.05, 0.1) is 12.6 Å². The third-order valence-electron chi connectivity index (χ3n) is 3.56. The number of hydrogen-bond donors (Lipinski definition) is 1. The molecule has 0 saturated heterocycles. The molecule has 120 valence electrons. The summed E-state index contributed by atoms with van der Waals surface area (Å²) in [5.41, 5.74) is 4.47. The van der Waals surface area contributed by atoms with Gasteiger partial charge in [0.25, 0.3) is 0 Å². The number of carbonyl (C=O) groups is 1. The van der Waals surface area contributed by atoms with Crippen molar-refractivity contribution in [2.45, 2.75) is 6.42 Å². The van der Waals surface area contributed by atoms with E-state index in [1.165, 1.54) is 0 Å². The van der Waals surface area contributed by atoms with Crippen LogP contribution in [-0.2, 0) is 11.2 Å². The summed E-state index contributed by atoms with van der Waals surface area (Å²) in [6.45, 7) is 0. The smallest absolute Gasteiger partial charge is 0.244 e. The number of hydrogen-bond acceptors (Lipinski definition) is 2. The van der Waals surface area contributed by atoms with Gasteiger partial charge in [-0.15, -0.1) is 0 Å². The summed E-state index contributed by atoms with van der Waals surface area (Å²) >= 11 is 6.95. The number of benzene rings is 3. The molecule has 0 unspecified atom stereocenters. The average molecular weight is 446 g/mol. The van der Waals surface area contributed by atoms with Gasteiger partial charge in [0, 0.05) is 8.95 Å². The van der Waals surface area contributed by atoms with E-state index < -0.39 is 0 Å². The number of nitrogens with one attached hydrogen (secondary N) is 1. The minimum absolute atomic E-state index is 0.145. The second kappa shape index (κ2) is 7.73. The fourth-order valence-corrected chi connectivity index (χ4v) is 3.35. The molecule has 3 rings (SSSR count). The predicted octanol–water partition coefficient (Wildman–Crippen LogP) is 5.06. The van der Waals surface area contributed by atoms with Crippen LogP contribution >= 0.6 is 31.9 Å². The second-order valence-corrected chi connectivity index (χ2v) is 7.05. The molecule has 0 radical (unpaired) electrons. The number of nitrogens with zero attached hydrogens (tertiary/aromatic N) is 1. The van der Waals surface area contributed by atoms with Crippen molar-refractivity contribution in [2.24, 2.45) is 5.10 Å². The zero-order chi connectivity index (χ0) is 16.9. The van der Waals surface area contributed by atoms with E-state index in [2.05, 4.69) is 42.4 Å². The van der Waals surface area contributed by atoms with Crippen LogP contribution in [0.15, 0.2) is 74.7 Å². The molecule has 3 aromatic carbocycles. The van der Waals surface area contributed by atoms with Crippen LogP contribution in [0.4, 0.5) is 0 Å². The Morgan fingerprint density at radius 2 is 1.79 bits per heavy atom. The van der Waals surface area contributed by atoms with Crippen molar-refractivity contribution < 1.29 is 4.79 Å². The number of amides is 1. The minimum atomic E-state index is -0.145. The highest BCUT2D eigenvalue weighted by molar-refractivity contribution is 9.11. The molecule has 24 heavy (non-hydrogen) atoms. The number of fused-ring (bicyclic) bond motifs is 1. The van der Waals surface area contributed by atoms with Crippen molar-refractivity contribution in [1.29, 1.82) is 0 Å². The Labute approximate surface area is 157 Å². The predicted molar refractivity (Wildman–Crippen MR) is 105 cm³/mol. The first-order valence-corrected chi connectivity index (χ1v) is 8.96. The lowest BCUT2D eigenvalue weighted by atomic mass is 10.0. The van der Waals surface area contributed by atoms with Crippen LogP contribution in [0.2, 0.25) is 0 Å². The zero-order valence-electron chi connectivity index (χ0n) is 12.7. The fraction of sp³-hybridized carbons (Fsp3) is 0.0526. The molecule has 3 nitrogen and oxygen atoms in total. The van der Waals surface area contributed by atoms with Crippen LogP contribution in [-0.4, -0.2) is 12.1 Å². The normalized spacial score (nSPS) is 11.1. The first-order valence-electron chi connectivity index (χ1n) is 7.37. The van der Waals surface area contributed by atoms with Crippen molar-refractivity contribution in [2.75, 3.05) is 0 Å². The quantitative estimate of drug-likeness (QED) is 0.442. The molecular weight excluding hydrogens is 432 g/mol. The highest BCUT2D eigenvalue weighted by atomic mass is 79.9. The lowest BCUT2D eigenvalue weighted by Gasteiger charge is -2.07. The van der Waals surface area contributed by atoms with Crippen LogP contribution in [0, 0.1) is 0 Å². The minimum Gasteiger partial charge on any atom is -0.273 e. The molecule has 0 aliphatic rings. The Balaban J connectivity index is 1.70. The van der Waals surface area contributed by atoms with E-state index in [4.69, 9.17) is 0 Å². The standard InChI is InChI=1S/C19H14Br2N2O/c20-15-5-3-4-13(10-15)12-22-23-19(24)11-14-8-9-18(21)17-7-2-1-6-16(14)17/h1-10,12H,11H2,(H,23,24). The highest BCUT2D eigenvalue weighted by Gasteiger charge is 2.08.